The first kappa shape index (κ1) is 32.4. The van der Waals surface area contributed by atoms with Crippen LogP contribution in [-0.4, -0.2) is 34.6 Å². The van der Waals surface area contributed by atoms with Crippen LogP contribution in [0.1, 0.15) is 28.3 Å². The summed E-state index contributed by atoms with van der Waals surface area (Å²) in [6.07, 6.45) is -4.24. The number of imide groups is 1. The van der Waals surface area contributed by atoms with Crippen molar-refractivity contribution in [2.75, 3.05) is 16.8 Å². The molecule has 0 spiro atoms. The molecule has 1 aromatic heterocycles. The largest absolute Gasteiger partial charge is 0.483 e. The van der Waals surface area contributed by atoms with Crippen LogP contribution in [0.2, 0.25) is 10.0 Å². The molecule has 0 radical (unpaired) electrons. The highest BCUT2D eigenvalue weighted by atomic mass is 35.5. The number of hydrogen-bond acceptors (Lipinski definition) is 7. The Kier molecular flexibility index (Phi) is 7.89. The number of H-pyrrole nitrogens is 1. The Balaban J connectivity index is 1.15. The number of rotatable bonds is 6. The van der Waals surface area contributed by atoms with Crippen molar-refractivity contribution in [3.63, 3.8) is 0 Å². The Hall–Kier alpha value is -3.78. The van der Waals surface area contributed by atoms with E-state index in [0.29, 0.717) is 43.4 Å². The van der Waals surface area contributed by atoms with Gasteiger partial charge in [-0.1, -0.05) is 46.7 Å². The highest BCUT2D eigenvalue weighted by Crippen LogP contribution is 2.69. The van der Waals surface area contributed by atoms with E-state index >= 15 is 0 Å². The van der Waals surface area contributed by atoms with E-state index in [2.05, 4.69) is 10.3 Å². The molecular formula is C34H24Cl2F3N3O5S2. The number of thiazole rings is 1. The predicted octanol–water partition coefficient (Wildman–Crippen LogP) is 7.46. The highest BCUT2D eigenvalue weighted by molar-refractivity contribution is 8.00. The number of aromatic nitrogens is 1. The average Bonchev–Trinajstić information content (AvgIpc) is 3.80. The summed E-state index contributed by atoms with van der Waals surface area (Å²) in [6, 6.07) is 16.2. The second-order valence-electron chi connectivity index (χ2n) is 12.5. The van der Waals surface area contributed by atoms with Crippen LogP contribution in [0.5, 0.6) is 5.75 Å². The van der Waals surface area contributed by atoms with E-state index in [1.54, 1.807) is 42.5 Å². The number of amides is 3. The Bertz CT molecular complexity index is 2090. The Morgan fingerprint density at radius 1 is 0.959 bits per heavy atom. The number of benzene rings is 3. The maximum absolute atomic E-state index is 14.1. The number of hydrogen-bond donors (Lipinski definition) is 2. The number of thioether (sulfide) groups is 1. The highest BCUT2D eigenvalue weighted by Gasteiger charge is 2.70. The minimum Gasteiger partial charge on any atom is -0.483 e. The number of aromatic amines is 1. The SMILES string of the molecule is O=C(COc1ccc(Cl)cc1[C@H]1c2sc(=O)[nH]c2SC2C3CC(C4C(=O)N(c5ccccc5C(F)(F)F)C(=O)C34)C21)Nc1ccc(Cl)cc1. The second kappa shape index (κ2) is 11.9. The van der Waals surface area contributed by atoms with E-state index in [-0.39, 0.29) is 34.5 Å². The molecule has 3 heterocycles. The molecule has 8 rings (SSSR count). The van der Waals surface area contributed by atoms with Crippen molar-refractivity contribution < 1.29 is 32.3 Å². The zero-order chi connectivity index (χ0) is 34.4. The zero-order valence-electron chi connectivity index (χ0n) is 25.0. The van der Waals surface area contributed by atoms with Gasteiger partial charge < -0.3 is 15.0 Å². The van der Waals surface area contributed by atoms with Gasteiger partial charge in [-0.05, 0) is 78.8 Å². The van der Waals surface area contributed by atoms with Crippen molar-refractivity contribution in [2.24, 2.45) is 29.6 Å². The molecule has 6 unspecified atom stereocenters. The van der Waals surface area contributed by atoms with Crippen LogP contribution in [-0.2, 0) is 20.6 Å². The molecule has 3 fully saturated rings. The van der Waals surface area contributed by atoms with Crippen LogP contribution in [0.4, 0.5) is 24.5 Å². The lowest BCUT2D eigenvalue weighted by Gasteiger charge is -2.43. The van der Waals surface area contributed by atoms with E-state index in [9.17, 15) is 32.3 Å². The maximum atomic E-state index is 14.1. The average molecular weight is 747 g/mol. The molecule has 1 saturated heterocycles. The summed E-state index contributed by atoms with van der Waals surface area (Å²) in [7, 11) is 0. The molecule has 3 aromatic carbocycles. The molecule has 49 heavy (non-hydrogen) atoms. The Morgan fingerprint density at radius 2 is 1.65 bits per heavy atom. The molecule has 3 amide bonds. The van der Waals surface area contributed by atoms with Crippen molar-refractivity contribution in [1.82, 2.24) is 4.98 Å². The van der Waals surface area contributed by atoms with Crippen molar-refractivity contribution in [3.05, 3.63) is 102 Å². The summed E-state index contributed by atoms with van der Waals surface area (Å²) >= 11 is 14.9. The van der Waals surface area contributed by atoms with Crippen LogP contribution < -0.4 is 19.8 Å². The van der Waals surface area contributed by atoms with Crippen molar-refractivity contribution >= 4 is 75.4 Å². The van der Waals surface area contributed by atoms with Crippen LogP contribution >= 0.6 is 46.3 Å². The normalized spacial score (nSPS) is 26.8. The molecule has 4 aromatic rings. The molecule has 8 nitrogen and oxygen atoms in total. The predicted molar refractivity (Wildman–Crippen MR) is 179 cm³/mol. The van der Waals surface area contributed by atoms with Crippen molar-refractivity contribution in [3.8, 4) is 5.75 Å². The first-order valence-corrected chi connectivity index (χ1v) is 17.8. The number of ether oxygens (including phenoxy) is 1. The van der Waals surface area contributed by atoms with Crippen LogP contribution in [0.3, 0.4) is 0 Å². The van der Waals surface area contributed by atoms with Gasteiger partial charge in [0, 0.05) is 37.3 Å². The smallest absolute Gasteiger partial charge is 0.418 e. The minimum absolute atomic E-state index is 0.233. The summed E-state index contributed by atoms with van der Waals surface area (Å²) in [6.45, 7) is -0.347. The van der Waals surface area contributed by atoms with E-state index in [1.165, 1.54) is 23.9 Å². The van der Waals surface area contributed by atoms with Gasteiger partial charge in [-0.3, -0.25) is 19.2 Å². The Labute approximate surface area is 294 Å². The lowest BCUT2D eigenvalue weighted by atomic mass is 9.68. The maximum Gasteiger partial charge on any atom is 0.418 e. The van der Waals surface area contributed by atoms with Crippen LogP contribution in [0.25, 0.3) is 0 Å². The molecule has 7 atom stereocenters. The molecule has 2 aliphatic heterocycles. The van der Waals surface area contributed by atoms with Gasteiger partial charge in [0.15, 0.2) is 6.61 Å². The van der Waals surface area contributed by atoms with Gasteiger partial charge in [0.25, 0.3) is 5.91 Å². The molecule has 4 aliphatic rings. The van der Waals surface area contributed by atoms with E-state index < -0.39 is 52.9 Å². The third-order valence-corrected chi connectivity index (χ3v) is 13.0. The number of para-hydroxylation sites is 1. The third-order valence-electron chi connectivity index (χ3n) is 9.97. The number of anilines is 2. The first-order chi connectivity index (χ1) is 23.4. The fourth-order valence-corrected chi connectivity index (χ4v) is 11.5. The van der Waals surface area contributed by atoms with E-state index in [1.807, 2.05) is 0 Å². The summed E-state index contributed by atoms with van der Waals surface area (Å²) < 4.78 is 48.1. The van der Waals surface area contributed by atoms with Crippen molar-refractivity contribution in [2.45, 2.75) is 28.8 Å². The topological polar surface area (TPSA) is 109 Å². The fraction of sp³-hybridized carbons (Fsp3) is 0.294. The molecule has 2 bridgehead atoms. The molecule has 2 N–H and O–H groups in total. The van der Waals surface area contributed by atoms with Gasteiger partial charge in [-0.2, -0.15) is 13.2 Å². The van der Waals surface area contributed by atoms with E-state index in [0.717, 1.165) is 28.4 Å². The number of carbonyl (C=O) groups is 3. The number of nitrogens with one attached hydrogen (secondary N) is 2. The molecule has 15 heteroatoms. The Morgan fingerprint density at radius 3 is 2.39 bits per heavy atom. The lowest BCUT2D eigenvalue weighted by molar-refractivity contribution is -0.137. The number of fused-ring (bicyclic) bond motifs is 9. The molecule has 2 saturated carbocycles. The van der Waals surface area contributed by atoms with Gasteiger partial charge in [0.1, 0.15) is 5.75 Å². The van der Waals surface area contributed by atoms with E-state index in [4.69, 9.17) is 27.9 Å². The van der Waals surface area contributed by atoms with Crippen LogP contribution in [0.15, 0.2) is 76.6 Å². The van der Waals surface area contributed by atoms with Gasteiger partial charge in [0.05, 0.1) is 28.1 Å². The first-order valence-electron chi connectivity index (χ1n) is 15.3. The van der Waals surface area contributed by atoms with Gasteiger partial charge in [-0.25, -0.2) is 4.90 Å². The monoisotopic (exact) mass is 745 g/mol. The zero-order valence-corrected chi connectivity index (χ0v) is 28.1. The summed E-state index contributed by atoms with van der Waals surface area (Å²) in [5, 5.41) is 4.05. The fourth-order valence-electron chi connectivity index (χ4n) is 8.28. The minimum atomic E-state index is -4.77. The molecule has 2 aliphatic carbocycles. The van der Waals surface area contributed by atoms with Gasteiger partial charge in [0.2, 0.25) is 11.8 Å². The number of carbonyl (C=O) groups excluding carboxylic acids is 3. The van der Waals surface area contributed by atoms with Crippen molar-refractivity contribution in [1.29, 1.82) is 0 Å². The quantitative estimate of drug-likeness (QED) is 0.199. The standard InChI is InChI=1S/C34H24Cl2F3N3O5S2/c35-14-5-8-16(9-6-14)40-23(43)13-47-22-10-7-15(36)11-17(22)24-25-18-12-19(28(25)48-30-29(24)49-33(46)41-30)27-26(18)31(44)42(32(27)45)21-4-2-1-3-20(21)34(37,38)39/h1-11,18-19,24-28H,12-13H2,(H,40,43)(H,41,46)/t18?,19?,24-,25?,26?,27?,28?/m1/s1. The summed E-state index contributed by atoms with van der Waals surface area (Å²) in [5.74, 6) is -4.44. The molecular weight excluding hydrogens is 722 g/mol. The lowest BCUT2D eigenvalue weighted by Crippen LogP contribution is -2.42. The summed E-state index contributed by atoms with van der Waals surface area (Å²) in [4.78, 5) is 57.7. The van der Waals surface area contributed by atoms with Gasteiger partial charge >= 0.3 is 11.0 Å². The van der Waals surface area contributed by atoms with Gasteiger partial charge in [-0.15, -0.1) is 11.8 Å². The number of alkyl halides is 3. The molecule has 252 valence electrons. The van der Waals surface area contributed by atoms with Crippen LogP contribution in [0, 0.1) is 29.6 Å². The summed E-state index contributed by atoms with van der Waals surface area (Å²) in [5.41, 5.74) is -0.368. The third kappa shape index (κ3) is 5.36. The number of halogens is 5. The second-order valence-corrected chi connectivity index (χ2v) is 15.6. The number of nitrogens with zero attached hydrogens (tertiary/aromatic N) is 1.